The third-order valence-electron chi connectivity index (χ3n) is 5.25. The van der Waals surface area contributed by atoms with E-state index in [2.05, 4.69) is 0 Å². The molecule has 1 aromatic heterocycles. The predicted molar refractivity (Wildman–Crippen MR) is 105 cm³/mol. The van der Waals surface area contributed by atoms with Crippen molar-refractivity contribution in [3.8, 4) is 11.3 Å². The van der Waals surface area contributed by atoms with Gasteiger partial charge in [-0.15, -0.1) is 0 Å². The van der Waals surface area contributed by atoms with Crippen LogP contribution in [-0.2, 0) is 0 Å². The van der Waals surface area contributed by atoms with E-state index in [4.69, 9.17) is 9.52 Å². The average Bonchev–Trinajstić information content (AvgIpc) is 3.28. The van der Waals surface area contributed by atoms with E-state index in [1.807, 2.05) is 53.4 Å². The molecule has 2 aromatic carbocycles. The maximum Gasteiger partial charge on any atom is 0.335 e. The number of aromatic carboxylic acids is 1. The molecular formula is C23H21NO4. The van der Waals surface area contributed by atoms with Crippen LogP contribution in [0, 0.1) is 0 Å². The Kier molecular flexibility index (Phi) is 4.98. The van der Waals surface area contributed by atoms with Crippen molar-refractivity contribution in [3.05, 3.63) is 83.6 Å². The number of piperidine rings is 1. The van der Waals surface area contributed by atoms with E-state index in [1.165, 1.54) is 0 Å². The molecule has 0 saturated carbocycles. The van der Waals surface area contributed by atoms with Crippen LogP contribution in [0.1, 0.15) is 45.0 Å². The predicted octanol–water partition coefficient (Wildman–Crippen LogP) is 4.66. The summed E-state index contributed by atoms with van der Waals surface area (Å²) < 4.78 is 5.43. The van der Waals surface area contributed by atoms with E-state index < -0.39 is 5.97 Å². The number of hydrogen-bond acceptors (Lipinski definition) is 3. The first kappa shape index (κ1) is 18.0. The normalized spacial score (nSPS) is 16.7. The molecule has 28 heavy (non-hydrogen) atoms. The summed E-state index contributed by atoms with van der Waals surface area (Å²) in [6.07, 6.45) is 3.53. The lowest BCUT2D eigenvalue weighted by atomic mass is 9.89. The minimum absolute atomic E-state index is 0.0141. The minimum Gasteiger partial charge on any atom is -0.478 e. The number of carbonyl (C=O) groups is 2. The van der Waals surface area contributed by atoms with Gasteiger partial charge in [-0.3, -0.25) is 4.79 Å². The highest BCUT2D eigenvalue weighted by molar-refractivity contribution is 5.95. The number of rotatable bonds is 4. The molecule has 1 N–H and O–H groups in total. The topological polar surface area (TPSA) is 70.8 Å². The molecule has 0 radical (unpaired) electrons. The number of benzene rings is 2. The number of amides is 1. The van der Waals surface area contributed by atoms with Crippen LogP contribution in [0.15, 0.2) is 71.3 Å². The van der Waals surface area contributed by atoms with Gasteiger partial charge < -0.3 is 14.4 Å². The Labute approximate surface area is 163 Å². The lowest BCUT2D eigenvalue weighted by Gasteiger charge is -2.33. The van der Waals surface area contributed by atoms with Gasteiger partial charge in [-0.05, 0) is 54.8 Å². The van der Waals surface area contributed by atoms with Crippen molar-refractivity contribution in [2.45, 2.75) is 18.8 Å². The lowest BCUT2D eigenvalue weighted by Crippen LogP contribution is -2.39. The summed E-state index contributed by atoms with van der Waals surface area (Å²) in [5, 5.41) is 9.06. The van der Waals surface area contributed by atoms with Crippen LogP contribution in [0.5, 0.6) is 0 Å². The monoisotopic (exact) mass is 375 g/mol. The second-order valence-corrected chi connectivity index (χ2v) is 7.08. The van der Waals surface area contributed by atoms with Gasteiger partial charge in [0.15, 0.2) is 0 Å². The Morgan fingerprint density at radius 3 is 2.54 bits per heavy atom. The third-order valence-corrected chi connectivity index (χ3v) is 5.25. The zero-order valence-electron chi connectivity index (χ0n) is 15.4. The molecule has 1 saturated heterocycles. The summed E-state index contributed by atoms with van der Waals surface area (Å²) >= 11 is 0. The summed E-state index contributed by atoms with van der Waals surface area (Å²) in [5.41, 5.74) is 2.89. The Hall–Kier alpha value is -3.34. The molecule has 0 unspecified atom stereocenters. The van der Waals surface area contributed by atoms with E-state index in [0.29, 0.717) is 12.1 Å². The van der Waals surface area contributed by atoms with Gasteiger partial charge in [0, 0.05) is 30.1 Å². The Bertz CT molecular complexity index is 976. The fourth-order valence-corrected chi connectivity index (χ4v) is 3.76. The Morgan fingerprint density at radius 2 is 1.82 bits per heavy atom. The smallest absolute Gasteiger partial charge is 0.335 e. The van der Waals surface area contributed by atoms with E-state index in [1.54, 1.807) is 18.4 Å². The zero-order chi connectivity index (χ0) is 19.5. The fourth-order valence-electron chi connectivity index (χ4n) is 3.76. The van der Waals surface area contributed by atoms with Crippen molar-refractivity contribution in [2.75, 3.05) is 13.1 Å². The van der Waals surface area contributed by atoms with Crippen LogP contribution in [0.4, 0.5) is 0 Å². The largest absolute Gasteiger partial charge is 0.478 e. The van der Waals surface area contributed by atoms with Crippen LogP contribution < -0.4 is 0 Å². The van der Waals surface area contributed by atoms with E-state index in [-0.39, 0.29) is 17.4 Å². The van der Waals surface area contributed by atoms with Crippen molar-refractivity contribution in [3.63, 3.8) is 0 Å². The molecule has 3 aromatic rings. The maximum absolute atomic E-state index is 13.1. The second kappa shape index (κ2) is 7.72. The number of likely N-dealkylation sites (tertiary alicyclic amines) is 1. The zero-order valence-corrected chi connectivity index (χ0v) is 15.4. The van der Waals surface area contributed by atoms with Crippen LogP contribution >= 0.6 is 0 Å². The average molecular weight is 375 g/mol. The number of carbonyl (C=O) groups excluding carboxylic acids is 1. The van der Waals surface area contributed by atoms with Crippen LogP contribution in [0.25, 0.3) is 11.3 Å². The molecule has 0 bridgehead atoms. The first-order chi connectivity index (χ1) is 13.6. The van der Waals surface area contributed by atoms with E-state index in [0.717, 1.165) is 36.3 Å². The number of nitrogens with zero attached hydrogens (tertiary/aromatic N) is 1. The number of furan rings is 1. The first-order valence-corrected chi connectivity index (χ1v) is 9.38. The van der Waals surface area contributed by atoms with Gasteiger partial charge in [0.2, 0.25) is 0 Å². The van der Waals surface area contributed by atoms with Gasteiger partial charge >= 0.3 is 5.97 Å². The summed E-state index contributed by atoms with van der Waals surface area (Å²) in [6, 6.07) is 18.2. The Balaban J connectivity index is 1.50. The molecule has 4 rings (SSSR count). The summed E-state index contributed by atoms with van der Waals surface area (Å²) in [5.74, 6) is 0.0437. The summed E-state index contributed by atoms with van der Waals surface area (Å²) in [6.45, 7) is 1.36. The number of carboxylic acid groups (broad SMARTS) is 1. The lowest BCUT2D eigenvalue weighted by molar-refractivity contribution is 0.0693. The van der Waals surface area contributed by atoms with Crippen LogP contribution in [0.2, 0.25) is 0 Å². The van der Waals surface area contributed by atoms with Crippen molar-refractivity contribution in [1.82, 2.24) is 4.90 Å². The van der Waals surface area contributed by atoms with Crippen molar-refractivity contribution < 1.29 is 19.1 Å². The van der Waals surface area contributed by atoms with Crippen LogP contribution in [0.3, 0.4) is 0 Å². The number of carboxylic acids is 1. The standard InChI is InChI=1S/C23H21NO4/c25-22(19-5-1-4-18(14-19)21-7-3-13-28-21)24-12-2-6-20(15-24)16-8-10-17(11-9-16)23(26)27/h1,3-5,7-11,13-14,20H,2,6,12,15H2,(H,26,27)/t20-/m1/s1. The molecule has 1 aliphatic heterocycles. The minimum atomic E-state index is -0.927. The molecule has 2 heterocycles. The van der Waals surface area contributed by atoms with E-state index in [9.17, 15) is 9.59 Å². The fraction of sp³-hybridized carbons (Fsp3) is 0.217. The molecule has 5 heteroatoms. The van der Waals surface area contributed by atoms with Gasteiger partial charge in [0.05, 0.1) is 11.8 Å². The third kappa shape index (κ3) is 3.69. The molecule has 1 atom stereocenters. The first-order valence-electron chi connectivity index (χ1n) is 9.38. The molecule has 5 nitrogen and oxygen atoms in total. The quantitative estimate of drug-likeness (QED) is 0.720. The summed E-state index contributed by atoms with van der Waals surface area (Å²) in [4.78, 5) is 26.0. The molecule has 0 spiro atoms. The second-order valence-electron chi connectivity index (χ2n) is 7.08. The molecule has 142 valence electrons. The SMILES string of the molecule is O=C(O)c1ccc([C@@H]2CCCN(C(=O)c3cccc(-c4ccco4)c3)C2)cc1. The highest BCUT2D eigenvalue weighted by Gasteiger charge is 2.26. The highest BCUT2D eigenvalue weighted by atomic mass is 16.4. The van der Waals surface area contributed by atoms with Crippen LogP contribution in [-0.4, -0.2) is 35.0 Å². The van der Waals surface area contributed by atoms with Gasteiger partial charge in [-0.1, -0.05) is 24.3 Å². The van der Waals surface area contributed by atoms with Gasteiger partial charge in [-0.2, -0.15) is 0 Å². The number of hydrogen-bond donors (Lipinski definition) is 1. The Morgan fingerprint density at radius 1 is 1.00 bits per heavy atom. The molecule has 1 fully saturated rings. The van der Waals surface area contributed by atoms with Gasteiger partial charge in [0.1, 0.15) is 5.76 Å². The summed E-state index contributed by atoms with van der Waals surface area (Å²) in [7, 11) is 0. The molecule has 1 aliphatic rings. The molecular weight excluding hydrogens is 354 g/mol. The van der Waals surface area contributed by atoms with Crippen molar-refractivity contribution in [2.24, 2.45) is 0 Å². The molecule has 1 amide bonds. The maximum atomic E-state index is 13.1. The van der Waals surface area contributed by atoms with Crippen molar-refractivity contribution in [1.29, 1.82) is 0 Å². The van der Waals surface area contributed by atoms with Gasteiger partial charge in [0.25, 0.3) is 5.91 Å². The van der Waals surface area contributed by atoms with Crippen molar-refractivity contribution >= 4 is 11.9 Å². The van der Waals surface area contributed by atoms with E-state index >= 15 is 0 Å². The van der Waals surface area contributed by atoms with Gasteiger partial charge in [-0.25, -0.2) is 4.79 Å². The highest BCUT2D eigenvalue weighted by Crippen LogP contribution is 2.29. The molecule has 0 aliphatic carbocycles.